The second-order valence-corrected chi connectivity index (χ2v) is 5.45. The van der Waals surface area contributed by atoms with Gasteiger partial charge in [-0.2, -0.15) is 5.10 Å². The first-order valence-corrected chi connectivity index (χ1v) is 7.69. The van der Waals surface area contributed by atoms with E-state index in [1.165, 1.54) is 0 Å². The molecule has 1 N–H and O–H groups in total. The van der Waals surface area contributed by atoms with Gasteiger partial charge in [0.2, 0.25) is 0 Å². The predicted octanol–water partition coefficient (Wildman–Crippen LogP) is 3.24. The Labute approximate surface area is 135 Å². The van der Waals surface area contributed by atoms with Crippen LogP contribution in [0, 0.1) is 6.92 Å². The highest BCUT2D eigenvalue weighted by Gasteiger charge is 2.09. The topological polar surface area (TPSA) is 68.5 Å². The van der Waals surface area contributed by atoms with Gasteiger partial charge in [0.15, 0.2) is 0 Å². The summed E-state index contributed by atoms with van der Waals surface area (Å²) >= 11 is 0. The Balaban J connectivity index is 1.81. The Morgan fingerprint density at radius 2 is 2.09 bits per heavy atom. The van der Waals surface area contributed by atoms with E-state index in [4.69, 9.17) is 0 Å². The van der Waals surface area contributed by atoms with Gasteiger partial charge in [-0.15, -0.1) is 0 Å². The van der Waals surface area contributed by atoms with Crippen molar-refractivity contribution >= 4 is 5.82 Å². The van der Waals surface area contributed by atoms with E-state index >= 15 is 0 Å². The molecule has 0 fully saturated rings. The van der Waals surface area contributed by atoms with Crippen molar-refractivity contribution in [3.05, 3.63) is 54.5 Å². The normalized spacial score (nSPS) is 12.1. The Bertz CT molecular complexity index is 795. The average Bonchev–Trinajstić information content (AvgIpc) is 3.04. The van der Waals surface area contributed by atoms with Gasteiger partial charge in [0.05, 0.1) is 12.2 Å². The zero-order valence-corrected chi connectivity index (χ0v) is 13.6. The van der Waals surface area contributed by atoms with Gasteiger partial charge < -0.3 is 5.32 Å². The molecule has 0 spiro atoms. The second-order valence-electron chi connectivity index (χ2n) is 5.45. The Kier molecular flexibility index (Phi) is 4.32. The van der Waals surface area contributed by atoms with Gasteiger partial charge in [-0.25, -0.2) is 9.97 Å². The molecule has 1 atom stereocenters. The van der Waals surface area contributed by atoms with Crippen molar-refractivity contribution in [2.75, 3.05) is 5.32 Å². The molecule has 23 heavy (non-hydrogen) atoms. The Hall–Kier alpha value is -2.76. The molecule has 118 valence electrons. The van der Waals surface area contributed by atoms with Crippen LogP contribution in [-0.4, -0.2) is 24.7 Å². The molecule has 3 heterocycles. The maximum atomic E-state index is 4.38. The van der Waals surface area contributed by atoms with E-state index in [0.717, 1.165) is 34.9 Å². The van der Waals surface area contributed by atoms with Crippen molar-refractivity contribution in [2.45, 2.75) is 33.4 Å². The van der Waals surface area contributed by atoms with Gasteiger partial charge in [-0.3, -0.25) is 9.67 Å². The van der Waals surface area contributed by atoms with Crippen LogP contribution in [0.15, 0.2) is 43.1 Å². The minimum atomic E-state index is 0.0953. The second kappa shape index (κ2) is 6.56. The number of hydrogen-bond donors (Lipinski definition) is 1. The molecule has 0 saturated carbocycles. The van der Waals surface area contributed by atoms with Gasteiger partial charge in [0.1, 0.15) is 11.6 Å². The third-order valence-corrected chi connectivity index (χ3v) is 3.69. The van der Waals surface area contributed by atoms with Crippen LogP contribution in [-0.2, 0) is 6.54 Å². The highest BCUT2D eigenvalue weighted by Crippen LogP contribution is 2.23. The summed E-state index contributed by atoms with van der Waals surface area (Å²) in [5.74, 6) is 1.57. The van der Waals surface area contributed by atoms with Crippen molar-refractivity contribution in [1.29, 1.82) is 0 Å². The number of hydrogen-bond acceptors (Lipinski definition) is 5. The fourth-order valence-corrected chi connectivity index (χ4v) is 2.38. The molecule has 6 nitrogen and oxygen atoms in total. The molecule has 0 amide bonds. The van der Waals surface area contributed by atoms with E-state index in [9.17, 15) is 0 Å². The van der Waals surface area contributed by atoms with Gasteiger partial charge in [-0.1, -0.05) is 0 Å². The van der Waals surface area contributed by atoms with Crippen LogP contribution < -0.4 is 5.32 Å². The molecule has 0 bridgehead atoms. The van der Waals surface area contributed by atoms with Crippen LogP contribution in [0.25, 0.3) is 11.1 Å². The molecule has 0 aliphatic rings. The third-order valence-electron chi connectivity index (χ3n) is 3.69. The molecular formula is C17H20N6. The molecule has 0 aliphatic heterocycles. The predicted molar refractivity (Wildman–Crippen MR) is 89.9 cm³/mol. The summed E-state index contributed by atoms with van der Waals surface area (Å²) in [5, 5.41) is 7.70. The fraction of sp³-hybridized carbons (Fsp3) is 0.294. The summed E-state index contributed by atoms with van der Waals surface area (Å²) in [4.78, 5) is 12.9. The molecule has 0 aliphatic carbocycles. The number of aromatic nitrogens is 5. The lowest BCUT2D eigenvalue weighted by Gasteiger charge is -2.15. The smallest absolute Gasteiger partial charge is 0.130 e. The Morgan fingerprint density at radius 1 is 1.22 bits per heavy atom. The number of nitrogens with zero attached hydrogens (tertiary/aromatic N) is 5. The highest BCUT2D eigenvalue weighted by molar-refractivity contribution is 5.61. The molecule has 1 unspecified atom stereocenters. The minimum Gasteiger partial charge on any atom is -0.363 e. The highest BCUT2D eigenvalue weighted by atomic mass is 15.3. The quantitative estimate of drug-likeness (QED) is 0.783. The third kappa shape index (κ3) is 3.53. The number of nitrogens with one attached hydrogen (secondary N) is 1. The first kappa shape index (κ1) is 15.1. The summed E-state index contributed by atoms with van der Waals surface area (Å²) in [6.07, 6.45) is 9.40. The zero-order valence-electron chi connectivity index (χ0n) is 13.6. The largest absolute Gasteiger partial charge is 0.363 e. The van der Waals surface area contributed by atoms with Gasteiger partial charge in [0, 0.05) is 42.5 Å². The molecule has 0 radical (unpaired) electrons. The van der Waals surface area contributed by atoms with E-state index in [1.54, 1.807) is 6.20 Å². The molecule has 3 aromatic rings. The standard InChI is InChI=1S/C17H20N6/c1-4-23-11-16(10-20-23)15-7-14(8-18-9-15)12(2)21-17-5-6-19-13(3)22-17/h5-12H,4H2,1-3H3,(H,19,21,22). The van der Waals surface area contributed by atoms with E-state index in [1.807, 2.05) is 42.5 Å². The number of anilines is 1. The van der Waals surface area contributed by atoms with E-state index in [2.05, 4.69) is 45.3 Å². The van der Waals surface area contributed by atoms with Crippen LogP contribution in [0.1, 0.15) is 31.3 Å². The summed E-state index contributed by atoms with van der Waals surface area (Å²) in [5.41, 5.74) is 3.24. The lowest BCUT2D eigenvalue weighted by atomic mass is 10.1. The van der Waals surface area contributed by atoms with Crippen LogP contribution in [0.4, 0.5) is 5.82 Å². The van der Waals surface area contributed by atoms with Crippen LogP contribution in [0.3, 0.4) is 0 Å². The van der Waals surface area contributed by atoms with Crippen molar-refractivity contribution in [3.63, 3.8) is 0 Å². The van der Waals surface area contributed by atoms with Crippen LogP contribution in [0.2, 0.25) is 0 Å². The number of rotatable bonds is 5. The molecule has 3 aromatic heterocycles. The van der Waals surface area contributed by atoms with E-state index < -0.39 is 0 Å². The van der Waals surface area contributed by atoms with Crippen molar-refractivity contribution < 1.29 is 0 Å². The van der Waals surface area contributed by atoms with Gasteiger partial charge in [-0.05, 0) is 38.5 Å². The maximum absolute atomic E-state index is 4.38. The van der Waals surface area contributed by atoms with E-state index in [0.29, 0.717) is 0 Å². The lowest BCUT2D eigenvalue weighted by molar-refractivity contribution is 0.660. The molecular weight excluding hydrogens is 288 g/mol. The maximum Gasteiger partial charge on any atom is 0.130 e. The lowest BCUT2D eigenvalue weighted by Crippen LogP contribution is -2.09. The first-order chi connectivity index (χ1) is 11.2. The van der Waals surface area contributed by atoms with Crippen molar-refractivity contribution in [2.24, 2.45) is 0 Å². The van der Waals surface area contributed by atoms with Crippen molar-refractivity contribution in [3.8, 4) is 11.1 Å². The molecule has 0 saturated heterocycles. The van der Waals surface area contributed by atoms with Gasteiger partial charge in [0.25, 0.3) is 0 Å². The average molecular weight is 308 g/mol. The first-order valence-electron chi connectivity index (χ1n) is 7.69. The molecule has 0 aromatic carbocycles. The van der Waals surface area contributed by atoms with E-state index in [-0.39, 0.29) is 6.04 Å². The fourth-order valence-electron chi connectivity index (χ4n) is 2.38. The SMILES string of the molecule is CCn1cc(-c2cncc(C(C)Nc3ccnc(C)n3)c2)cn1. The number of pyridine rings is 1. The minimum absolute atomic E-state index is 0.0953. The molecule has 6 heteroatoms. The summed E-state index contributed by atoms with van der Waals surface area (Å²) in [7, 11) is 0. The Morgan fingerprint density at radius 3 is 2.83 bits per heavy atom. The number of aryl methyl sites for hydroxylation is 2. The zero-order chi connectivity index (χ0) is 16.2. The van der Waals surface area contributed by atoms with Crippen molar-refractivity contribution in [1.82, 2.24) is 24.7 Å². The monoisotopic (exact) mass is 308 g/mol. The summed E-state index contributed by atoms with van der Waals surface area (Å²) < 4.78 is 1.91. The summed E-state index contributed by atoms with van der Waals surface area (Å²) in [6.45, 7) is 6.90. The molecule has 3 rings (SSSR count). The van der Waals surface area contributed by atoms with Crippen LogP contribution in [0.5, 0.6) is 0 Å². The summed E-state index contributed by atoms with van der Waals surface area (Å²) in [6, 6.07) is 4.10. The van der Waals surface area contributed by atoms with Crippen LogP contribution >= 0.6 is 0 Å². The van der Waals surface area contributed by atoms with Gasteiger partial charge >= 0.3 is 0 Å².